The SMILES string of the molecule is CCOCc1ccc(B2OC(C)(C)C(C)(CC(C)C)O2)cn1. The van der Waals surface area contributed by atoms with Crippen LogP contribution in [0.5, 0.6) is 0 Å². The molecule has 1 aromatic heterocycles. The quantitative estimate of drug-likeness (QED) is 0.758. The third kappa shape index (κ3) is 3.70. The van der Waals surface area contributed by atoms with E-state index in [1.54, 1.807) is 0 Å². The van der Waals surface area contributed by atoms with Crippen molar-refractivity contribution in [1.82, 2.24) is 4.98 Å². The average molecular weight is 305 g/mol. The Morgan fingerprint density at radius 2 is 1.95 bits per heavy atom. The maximum atomic E-state index is 6.29. The summed E-state index contributed by atoms with van der Waals surface area (Å²) < 4.78 is 17.8. The van der Waals surface area contributed by atoms with Gasteiger partial charge in [-0.05, 0) is 46.1 Å². The number of aromatic nitrogens is 1. The van der Waals surface area contributed by atoms with Gasteiger partial charge in [-0.15, -0.1) is 0 Å². The Bertz CT molecular complexity index is 489. The summed E-state index contributed by atoms with van der Waals surface area (Å²) in [7, 11) is -0.354. The van der Waals surface area contributed by atoms with E-state index >= 15 is 0 Å². The van der Waals surface area contributed by atoms with Crippen LogP contribution >= 0.6 is 0 Å². The van der Waals surface area contributed by atoms with Crippen molar-refractivity contribution in [2.24, 2.45) is 5.92 Å². The molecule has 5 heteroatoms. The molecule has 1 saturated heterocycles. The van der Waals surface area contributed by atoms with Gasteiger partial charge in [-0.1, -0.05) is 19.9 Å². The summed E-state index contributed by atoms with van der Waals surface area (Å²) >= 11 is 0. The summed E-state index contributed by atoms with van der Waals surface area (Å²) in [5.41, 5.74) is 1.26. The molecule has 0 N–H and O–H groups in total. The van der Waals surface area contributed by atoms with Crippen LogP contribution in [0.15, 0.2) is 18.3 Å². The molecule has 0 aliphatic carbocycles. The smallest absolute Gasteiger partial charge is 0.399 e. The molecule has 1 fully saturated rings. The van der Waals surface area contributed by atoms with Crippen molar-refractivity contribution in [3.8, 4) is 0 Å². The molecular weight excluding hydrogens is 277 g/mol. The summed E-state index contributed by atoms with van der Waals surface area (Å²) in [4.78, 5) is 4.43. The highest BCUT2D eigenvalue weighted by Crippen LogP contribution is 2.41. The van der Waals surface area contributed by atoms with Gasteiger partial charge in [0, 0.05) is 18.3 Å². The third-order valence-electron chi connectivity index (χ3n) is 4.41. The van der Waals surface area contributed by atoms with E-state index in [-0.39, 0.29) is 18.3 Å². The summed E-state index contributed by atoms with van der Waals surface area (Å²) in [6.45, 7) is 14.0. The van der Waals surface area contributed by atoms with E-state index in [1.807, 2.05) is 25.3 Å². The molecule has 0 amide bonds. The van der Waals surface area contributed by atoms with Gasteiger partial charge in [0.15, 0.2) is 0 Å². The molecule has 0 bridgehead atoms. The molecule has 2 heterocycles. The van der Waals surface area contributed by atoms with E-state index in [0.29, 0.717) is 19.1 Å². The standard InChI is InChI=1S/C17H28BNO3/c1-7-20-12-15-9-8-14(11-19-15)18-21-16(4,5)17(6,22-18)10-13(2)3/h8-9,11,13H,7,10,12H2,1-6H3. The second-order valence-corrected chi connectivity index (χ2v) is 7.13. The lowest BCUT2D eigenvalue weighted by atomic mass is 9.80. The van der Waals surface area contributed by atoms with E-state index in [2.05, 4.69) is 39.6 Å². The lowest BCUT2D eigenvalue weighted by Gasteiger charge is -2.37. The molecule has 122 valence electrons. The fourth-order valence-electron chi connectivity index (χ4n) is 2.87. The lowest BCUT2D eigenvalue weighted by molar-refractivity contribution is -0.0239. The molecule has 0 spiro atoms. The predicted octanol–water partition coefficient (Wildman–Crippen LogP) is 2.94. The van der Waals surface area contributed by atoms with Crippen LogP contribution in [0.1, 0.15) is 53.7 Å². The summed E-state index contributed by atoms with van der Waals surface area (Å²) in [5, 5.41) is 0. The largest absolute Gasteiger partial charge is 0.496 e. The minimum atomic E-state index is -0.354. The van der Waals surface area contributed by atoms with Gasteiger partial charge in [0.25, 0.3) is 0 Å². The molecule has 1 atom stereocenters. The lowest BCUT2D eigenvalue weighted by Crippen LogP contribution is -2.45. The Labute approximate surface area is 134 Å². The molecule has 22 heavy (non-hydrogen) atoms. The van der Waals surface area contributed by atoms with Gasteiger partial charge in [-0.3, -0.25) is 4.98 Å². The van der Waals surface area contributed by atoms with Crippen LogP contribution in [-0.4, -0.2) is 29.9 Å². The zero-order chi connectivity index (χ0) is 16.4. The Kier molecular flexibility index (Phi) is 5.31. The van der Waals surface area contributed by atoms with Crippen LogP contribution in [0.2, 0.25) is 0 Å². The minimum Gasteiger partial charge on any atom is -0.399 e. The van der Waals surface area contributed by atoms with E-state index in [0.717, 1.165) is 17.6 Å². The Balaban J connectivity index is 2.11. The van der Waals surface area contributed by atoms with Gasteiger partial charge < -0.3 is 14.0 Å². The molecule has 4 nitrogen and oxygen atoms in total. The van der Waals surface area contributed by atoms with Crippen molar-refractivity contribution in [2.75, 3.05) is 6.61 Å². The zero-order valence-electron chi connectivity index (χ0n) is 14.7. The normalized spacial score (nSPS) is 24.2. The fraction of sp³-hybridized carbons (Fsp3) is 0.706. The second kappa shape index (κ2) is 6.69. The number of hydrogen-bond acceptors (Lipinski definition) is 4. The number of nitrogens with zero attached hydrogens (tertiary/aromatic N) is 1. The fourth-order valence-corrected chi connectivity index (χ4v) is 2.87. The van der Waals surface area contributed by atoms with Gasteiger partial charge in [0.1, 0.15) is 0 Å². The van der Waals surface area contributed by atoms with Crippen LogP contribution in [0.3, 0.4) is 0 Å². The highest BCUT2D eigenvalue weighted by atomic mass is 16.7. The van der Waals surface area contributed by atoms with Crippen LogP contribution in [0, 0.1) is 5.92 Å². The zero-order valence-corrected chi connectivity index (χ0v) is 14.7. The van der Waals surface area contributed by atoms with Gasteiger partial charge in [-0.2, -0.15) is 0 Å². The first kappa shape index (κ1) is 17.4. The van der Waals surface area contributed by atoms with E-state index in [4.69, 9.17) is 14.0 Å². The number of ether oxygens (including phenoxy) is 1. The number of rotatable bonds is 6. The average Bonchev–Trinajstić information content (AvgIpc) is 2.66. The Morgan fingerprint density at radius 1 is 1.23 bits per heavy atom. The molecule has 0 radical (unpaired) electrons. The van der Waals surface area contributed by atoms with Crippen molar-refractivity contribution in [3.05, 3.63) is 24.0 Å². The van der Waals surface area contributed by atoms with Crippen molar-refractivity contribution in [2.45, 2.75) is 65.8 Å². The first-order valence-corrected chi connectivity index (χ1v) is 8.15. The summed E-state index contributed by atoms with van der Waals surface area (Å²) in [6, 6.07) is 3.99. The van der Waals surface area contributed by atoms with Crippen molar-refractivity contribution in [1.29, 1.82) is 0 Å². The molecule has 1 aliphatic heterocycles. The van der Waals surface area contributed by atoms with Crippen LogP contribution < -0.4 is 5.46 Å². The van der Waals surface area contributed by atoms with Crippen molar-refractivity contribution in [3.63, 3.8) is 0 Å². The molecule has 1 aromatic rings. The highest BCUT2D eigenvalue weighted by molar-refractivity contribution is 6.62. The predicted molar refractivity (Wildman–Crippen MR) is 89.1 cm³/mol. The van der Waals surface area contributed by atoms with E-state index in [9.17, 15) is 0 Å². The van der Waals surface area contributed by atoms with Crippen LogP contribution in [0.4, 0.5) is 0 Å². The second-order valence-electron chi connectivity index (χ2n) is 7.13. The van der Waals surface area contributed by atoms with Crippen LogP contribution in [-0.2, 0) is 20.7 Å². The molecule has 0 aromatic carbocycles. The van der Waals surface area contributed by atoms with Gasteiger partial charge in [0.05, 0.1) is 23.5 Å². The Morgan fingerprint density at radius 3 is 2.50 bits per heavy atom. The maximum absolute atomic E-state index is 6.29. The molecule has 1 aliphatic rings. The van der Waals surface area contributed by atoms with Gasteiger partial charge in [-0.25, -0.2) is 0 Å². The first-order chi connectivity index (χ1) is 10.3. The minimum absolute atomic E-state index is 0.296. The highest BCUT2D eigenvalue weighted by Gasteiger charge is 2.54. The molecular formula is C17H28BNO3. The number of hydrogen-bond donors (Lipinski definition) is 0. The third-order valence-corrected chi connectivity index (χ3v) is 4.41. The number of pyridine rings is 1. The first-order valence-electron chi connectivity index (χ1n) is 8.15. The maximum Gasteiger partial charge on any atom is 0.496 e. The van der Waals surface area contributed by atoms with Crippen molar-refractivity contribution < 1.29 is 14.0 Å². The topological polar surface area (TPSA) is 40.6 Å². The van der Waals surface area contributed by atoms with Gasteiger partial charge >= 0.3 is 7.12 Å². The van der Waals surface area contributed by atoms with Crippen LogP contribution in [0.25, 0.3) is 0 Å². The van der Waals surface area contributed by atoms with E-state index in [1.165, 1.54) is 0 Å². The Hall–Kier alpha value is -0.905. The van der Waals surface area contributed by atoms with Crippen molar-refractivity contribution >= 4 is 12.6 Å². The summed E-state index contributed by atoms with van der Waals surface area (Å²) in [5.74, 6) is 0.554. The molecule has 0 saturated carbocycles. The van der Waals surface area contributed by atoms with E-state index < -0.39 is 0 Å². The molecule has 2 rings (SSSR count). The summed E-state index contributed by atoms with van der Waals surface area (Å²) in [6.07, 6.45) is 2.79. The molecule has 1 unspecified atom stereocenters. The monoisotopic (exact) mass is 305 g/mol. The van der Waals surface area contributed by atoms with Gasteiger partial charge in [0.2, 0.25) is 0 Å².